The Kier molecular flexibility index (Phi) is 4.39. The average molecular weight is 417 g/mol. The molecule has 0 atom stereocenters. The van der Waals surface area contributed by atoms with Crippen molar-refractivity contribution >= 4 is 5.91 Å². The molecule has 1 aromatic carbocycles. The second kappa shape index (κ2) is 6.98. The van der Waals surface area contributed by atoms with Gasteiger partial charge >= 0.3 is 0 Å². The topological polar surface area (TPSA) is 65.2 Å². The van der Waals surface area contributed by atoms with Gasteiger partial charge in [-0.1, -0.05) is 0 Å². The fourth-order valence-electron chi connectivity index (χ4n) is 4.18. The van der Waals surface area contributed by atoms with Gasteiger partial charge in [-0.25, -0.2) is 18.2 Å². The van der Waals surface area contributed by atoms with E-state index in [1.165, 1.54) is 4.68 Å². The van der Waals surface area contributed by atoms with Gasteiger partial charge in [-0.2, -0.15) is 5.10 Å². The zero-order chi connectivity index (χ0) is 21.0. The third kappa shape index (κ3) is 2.90. The number of aryl methyl sites for hydroxylation is 1. The van der Waals surface area contributed by atoms with Crippen molar-refractivity contribution in [2.45, 2.75) is 26.1 Å². The Morgan fingerprint density at radius 1 is 1.17 bits per heavy atom. The largest absolute Gasteiger partial charge is 0.372 e. The molecule has 0 aliphatic carbocycles. The van der Waals surface area contributed by atoms with Crippen LogP contribution in [0.25, 0.3) is 11.3 Å². The van der Waals surface area contributed by atoms with Crippen molar-refractivity contribution in [2.75, 3.05) is 13.2 Å². The normalized spacial score (nSPS) is 15.8. The molecule has 7 nitrogen and oxygen atoms in total. The van der Waals surface area contributed by atoms with Gasteiger partial charge in [-0.15, -0.1) is 0 Å². The summed E-state index contributed by atoms with van der Waals surface area (Å²) in [7, 11) is 1.66. The van der Waals surface area contributed by atoms with Crippen LogP contribution in [0.5, 0.6) is 0 Å². The van der Waals surface area contributed by atoms with Crippen LogP contribution in [0.15, 0.2) is 18.3 Å². The number of benzene rings is 1. The van der Waals surface area contributed by atoms with Crippen molar-refractivity contribution in [3.63, 3.8) is 0 Å². The van der Waals surface area contributed by atoms with Gasteiger partial charge in [0.15, 0.2) is 17.5 Å². The van der Waals surface area contributed by atoms with Crippen LogP contribution >= 0.6 is 0 Å². The summed E-state index contributed by atoms with van der Waals surface area (Å²) < 4.78 is 49.6. The van der Waals surface area contributed by atoms with E-state index < -0.39 is 17.5 Å². The molecule has 2 aromatic heterocycles. The Bertz CT molecular complexity index is 1150. The summed E-state index contributed by atoms with van der Waals surface area (Å²) in [5.41, 5.74) is 2.70. The van der Waals surface area contributed by atoms with Crippen molar-refractivity contribution in [3.8, 4) is 11.3 Å². The smallest absolute Gasteiger partial charge is 0.272 e. The van der Waals surface area contributed by atoms with E-state index in [1.807, 2.05) is 4.57 Å². The highest BCUT2D eigenvalue weighted by Crippen LogP contribution is 2.32. The Hall–Kier alpha value is -3.14. The van der Waals surface area contributed by atoms with Crippen molar-refractivity contribution in [1.29, 1.82) is 0 Å². The first-order valence-electron chi connectivity index (χ1n) is 9.55. The maximum atomic E-state index is 13.7. The number of halogens is 3. The van der Waals surface area contributed by atoms with Gasteiger partial charge < -0.3 is 14.2 Å². The highest BCUT2D eigenvalue weighted by Gasteiger charge is 2.30. The summed E-state index contributed by atoms with van der Waals surface area (Å²) in [6.07, 6.45) is 2.03. The van der Waals surface area contributed by atoms with Gasteiger partial charge in [0.1, 0.15) is 18.1 Å². The van der Waals surface area contributed by atoms with Crippen LogP contribution in [0.3, 0.4) is 0 Å². The van der Waals surface area contributed by atoms with E-state index in [0.717, 1.165) is 23.5 Å². The number of aromatic nitrogens is 4. The van der Waals surface area contributed by atoms with Crippen LogP contribution in [-0.4, -0.2) is 43.3 Å². The highest BCUT2D eigenvalue weighted by molar-refractivity contribution is 5.92. The monoisotopic (exact) mass is 417 g/mol. The number of imidazole rings is 1. The number of ether oxygens (including phenoxy) is 1. The summed E-state index contributed by atoms with van der Waals surface area (Å²) in [5, 5.41) is 4.45. The molecule has 0 bridgehead atoms. The van der Waals surface area contributed by atoms with Gasteiger partial charge in [0.2, 0.25) is 0 Å². The standard InChI is InChI=1S/C20H18F3N5O2/c1-26-19(11-6-13(21)18(23)14(22)7-11)12-2-3-27(9-15(12)25-26)20(29)16-8-24-17-10-30-5-4-28(16)17/h6-8H,2-5,9-10H2,1H3. The first-order valence-corrected chi connectivity index (χ1v) is 9.55. The molecule has 4 heterocycles. The minimum Gasteiger partial charge on any atom is -0.372 e. The number of amides is 1. The van der Waals surface area contributed by atoms with Gasteiger partial charge in [-0.05, 0) is 18.6 Å². The van der Waals surface area contributed by atoms with Crippen LogP contribution < -0.4 is 0 Å². The minimum absolute atomic E-state index is 0.146. The molecule has 0 N–H and O–H groups in total. The molecule has 156 valence electrons. The third-order valence-electron chi connectivity index (χ3n) is 5.59. The predicted molar refractivity (Wildman–Crippen MR) is 98.8 cm³/mol. The van der Waals surface area contributed by atoms with Gasteiger partial charge in [0, 0.05) is 31.3 Å². The third-order valence-corrected chi connectivity index (χ3v) is 5.59. The number of hydrogen-bond donors (Lipinski definition) is 0. The minimum atomic E-state index is -1.50. The summed E-state index contributed by atoms with van der Waals surface area (Å²) >= 11 is 0. The Morgan fingerprint density at radius 2 is 1.93 bits per heavy atom. The molecule has 0 unspecified atom stereocenters. The maximum Gasteiger partial charge on any atom is 0.272 e. The summed E-state index contributed by atoms with van der Waals surface area (Å²) in [6, 6.07) is 1.93. The second-order valence-electron chi connectivity index (χ2n) is 7.39. The van der Waals surface area contributed by atoms with E-state index in [-0.39, 0.29) is 18.0 Å². The summed E-state index contributed by atoms with van der Waals surface area (Å²) in [4.78, 5) is 19.0. The molecule has 5 rings (SSSR count). The molecule has 10 heteroatoms. The number of carbonyl (C=O) groups is 1. The molecule has 0 saturated heterocycles. The highest BCUT2D eigenvalue weighted by atomic mass is 19.2. The molecule has 2 aliphatic rings. The van der Waals surface area contributed by atoms with E-state index in [1.54, 1.807) is 18.1 Å². The quantitative estimate of drug-likeness (QED) is 0.601. The van der Waals surface area contributed by atoms with E-state index in [2.05, 4.69) is 10.1 Å². The van der Waals surface area contributed by atoms with Crippen LogP contribution in [0.4, 0.5) is 13.2 Å². The first kappa shape index (κ1) is 18.9. The number of rotatable bonds is 2. The van der Waals surface area contributed by atoms with Gasteiger partial charge in [0.05, 0.1) is 30.7 Å². The van der Waals surface area contributed by atoms with Crippen molar-refractivity contribution in [1.82, 2.24) is 24.2 Å². The van der Waals surface area contributed by atoms with Crippen LogP contribution in [-0.2, 0) is 37.9 Å². The number of nitrogens with zero attached hydrogens (tertiary/aromatic N) is 5. The molecular formula is C20H18F3N5O2. The molecule has 0 saturated carbocycles. The van der Waals surface area contributed by atoms with Crippen LogP contribution in [0.1, 0.15) is 27.6 Å². The lowest BCUT2D eigenvalue weighted by Crippen LogP contribution is -2.37. The number of fused-ring (bicyclic) bond motifs is 2. The van der Waals surface area contributed by atoms with Crippen molar-refractivity contribution in [3.05, 3.63) is 58.6 Å². The second-order valence-corrected chi connectivity index (χ2v) is 7.39. The Morgan fingerprint density at radius 3 is 2.70 bits per heavy atom. The zero-order valence-corrected chi connectivity index (χ0v) is 16.2. The van der Waals surface area contributed by atoms with Crippen LogP contribution in [0.2, 0.25) is 0 Å². The maximum absolute atomic E-state index is 13.7. The van der Waals surface area contributed by atoms with E-state index in [9.17, 15) is 18.0 Å². The van der Waals surface area contributed by atoms with Crippen LogP contribution in [0, 0.1) is 17.5 Å². The van der Waals surface area contributed by atoms with Crippen molar-refractivity contribution < 1.29 is 22.7 Å². The lowest BCUT2D eigenvalue weighted by atomic mass is 9.99. The molecule has 1 amide bonds. The lowest BCUT2D eigenvalue weighted by Gasteiger charge is -2.27. The molecule has 0 spiro atoms. The van der Waals surface area contributed by atoms with Gasteiger partial charge in [0.25, 0.3) is 5.91 Å². The molecular weight excluding hydrogens is 399 g/mol. The van der Waals surface area contributed by atoms with Gasteiger partial charge in [-0.3, -0.25) is 9.48 Å². The van der Waals surface area contributed by atoms with E-state index in [0.29, 0.717) is 49.8 Å². The van der Waals surface area contributed by atoms with E-state index >= 15 is 0 Å². The Labute approximate surface area is 169 Å². The SMILES string of the molecule is Cn1nc2c(c1-c1cc(F)c(F)c(F)c1)CCN(C(=O)c1cnc3n1CCOC3)C2. The summed E-state index contributed by atoms with van der Waals surface area (Å²) in [6.45, 7) is 2.18. The molecule has 30 heavy (non-hydrogen) atoms. The zero-order valence-electron chi connectivity index (χ0n) is 16.2. The molecule has 0 fully saturated rings. The Balaban J connectivity index is 1.45. The predicted octanol–water partition coefficient (Wildman–Crippen LogP) is 2.43. The van der Waals surface area contributed by atoms with Crippen molar-refractivity contribution in [2.24, 2.45) is 7.05 Å². The molecule has 0 radical (unpaired) electrons. The fourth-order valence-corrected chi connectivity index (χ4v) is 4.18. The molecule has 3 aromatic rings. The number of hydrogen-bond acceptors (Lipinski definition) is 4. The molecule has 2 aliphatic heterocycles. The number of carbonyl (C=O) groups excluding carboxylic acids is 1. The lowest BCUT2D eigenvalue weighted by molar-refractivity contribution is 0.0671. The first-order chi connectivity index (χ1) is 14.4. The average Bonchev–Trinajstić information content (AvgIpc) is 3.30. The summed E-state index contributed by atoms with van der Waals surface area (Å²) in [5.74, 6) is -3.42. The fraction of sp³-hybridized carbons (Fsp3) is 0.350. The van der Waals surface area contributed by atoms with E-state index in [4.69, 9.17) is 4.74 Å².